The SMILES string of the molecule is O=C(Nc1ccccc1)C(=O)c1c(C(F)(F)F)n(Cc2ccc(Cl)cc2)c2ccc(Cl)cc12. The highest BCUT2D eigenvalue weighted by Gasteiger charge is 2.42. The Hall–Kier alpha value is -3.29. The normalized spacial score (nSPS) is 11.5. The largest absolute Gasteiger partial charge is 0.432 e. The van der Waals surface area contributed by atoms with Crippen LogP contribution in [-0.2, 0) is 17.5 Å². The zero-order valence-corrected chi connectivity index (χ0v) is 18.3. The van der Waals surface area contributed by atoms with Gasteiger partial charge in [-0.3, -0.25) is 9.59 Å². The van der Waals surface area contributed by atoms with Crippen molar-refractivity contribution in [2.45, 2.75) is 12.7 Å². The van der Waals surface area contributed by atoms with Crippen LogP contribution >= 0.6 is 23.2 Å². The highest BCUT2D eigenvalue weighted by molar-refractivity contribution is 6.49. The third-order valence-corrected chi connectivity index (χ3v) is 5.50. The van der Waals surface area contributed by atoms with Gasteiger partial charge in [0.15, 0.2) is 0 Å². The molecule has 168 valence electrons. The Morgan fingerprint density at radius 2 is 1.52 bits per heavy atom. The molecule has 0 fully saturated rings. The zero-order chi connectivity index (χ0) is 23.8. The fourth-order valence-electron chi connectivity index (χ4n) is 3.61. The van der Waals surface area contributed by atoms with Crippen LogP contribution in [0.5, 0.6) is 0 Å². The van der Waals surface area contributed by atoms with E-state index < -0.39 is 29.1 Å². The average Bonchev–Trinajstić information content (AvgIpc) is 3.09. The fourth-order valence-corrected chi connectivity index (χ4v) is 3.91. The molecule has 4 nitrogen and oxygen atoms in total. The van der Waals surface area contributed by atoms with E-state index in [1.54, 1.807) is 42.5 Å². The molecule has 0 aliphatic rings. The Morgan fingerprint density at radius 3 is 2.15 bits per heavy atom. The van der Waals surface area contributed by atoms with E-state index in [0.717, 1.165) is 4.57 Å². The number of hydrogen-bond donors (Lipinski definition) is 1. The monoisotopic (exact) mass is 490 g/mol. The highest BCUT2D eigenvalue weighted by atomic mass is 35.5. The highest BCUT2D eigenvalue weighted by Crippen LogP contribution is 2.40. The van der Waals surface area contributed by atoms with Crippen molar-refractivity contribution in [1.29, 1.82) is 0 Å². The Morgan fingerprint density at radius 1 is 0.879 bits per heavy atom. The maximum absolute atomic E-state index is 14.3. The number of carbonyl (C=O) groups is 2. The van der Waals surface area contributed by atoms with Crippen LogP contribution in [0.2, 0.25) is 10.0 Å². The lowest BCUT2D eigenvalue weighted by molar-refractivity contribution is -0.143. The molecule has 0 aliphatic heterocycles. The van der Waals surface area contributed by atoms with Gasteiger partial charge >= 0.3 is 6.18 Å². The number of carbonyl (C=O) groups excluding carboxylic acids is 2. The van der Waals surface area contributed by atoms with Crippen LogP contribution in [0.3, 0.4) is 0 Å². The van der Waals surface area contributed by atoms with Gasteiger partial charge in [-0.1, -0.05) is 53.5 Å². The lowest BCUT2D eigenvalue weighted by Crippen LogP contribution is -2.26. The molecule has 3 aromatic carbocycles. The van der Waals surface area contributed by atoms with Crippen LogP contribution in [0.25, 0.3) is 10.9 Å². The first-order valence-electron chi connectivity index (χ1n) is 9.69. The van der Waals surface area contributed by atoms with Gasteiger partial charge in [-0.15, -0.1) is 0 Å². The lowest BCUT2D eigenvalue weighted by atomic mass is 10.1. The molecule has 1 aromatic heterocycles. The van der Waals surface area contributed by atoms with Crippen molar-refractivity contribution in [2.24, 2.45) is 0 Å². The summed E-state index contributed by atoms with van der Waals surface area (Å²) in [6.45, 7) is -0.197. The Bertz CT molecular complexity index is 1350. The smallest absolute Gasteiger partial charge is 0.332 e. The number of rotatable bonds is 5. The van der Waals surface area contributed by atoms with Crippen molar-refractivity contribution in [1.82, 2.24) is 4.57 Å². The Labute approximate surface area is 196 Å². The van der Waals surface area contributed by atoms with Crippen molar-refractivity contribution in [3.05, 3.63) is 99.7 Å². The summed E-state index contributed by atoms with van der Waals surface area (Å²) in [5, 5.41) is 2.87. The predicted octanol–water partition coefficient (Wildman–Crippen LogP) is 6.84. The molecule has 0 saturated heterocycles. The molecule has 4 aromatic rings. The van der Waals surface area contributed by atoms with E-state index in [4.69, 9.17) is 23.2 Å². The maximum atomic E-state index is 14.3. The number of hydrogen-bond acceptors (Lipinski definition) is 2. The summed E-state index contributed by atoms with van der Waals surface area (Å²) in [4.78, 5) is 25.7. The van der Waals surface area contributed by atoms with Gasteiger partial charge in [0.05, 0.1) is 5.56 Å². The minimum Gasteiger partial charge on any atom is -0.332 e. The molecule has 0 bridgehead atoms. The quantitative estimate of drug-likeness (QED) is 0.246. The Kier molecular flexibility index (Phi) is 6.19. The molecule has 9 heteroatoms. The molecule has 1 heterocycles. The van der Waals surface area contributed by atoms with Crippen LogP contribution < -0.4 is 5.32 Å². The van der Waals surface area contributed by atoms with Gasteiger partial charge in [-0.2, -0.15) is 13.2 Å². The average molecular weight is 491 g/mol. The first-order chi connectivity index (χ1) is 15.6. The van der Waals surface area contributed by atoms with Gasteiger partial charge in [0.1, 0.15) is 5.69 Å². The predicted molar refractivity (Wildman–Crippen MR) is 122 cm³/mol. The van der Waals surface area contributed by atoms with Crippen molar-refractivity contribution in [3.63, 3.8) is 0 Å². The van der Waals surface area contributed by atoms with Crippen LogP contribution in [0, 0.1) is 0 Å². The summed E-state index contributed by atoms with van der Waals surface area (Å²) in [5.74, 6) is -2.49. The summed E-state index contributed by atoms with van der Waals surface area (Å²) in [6, 6.07) is 18.4. The summed E-state index contributed by atoms with van der Waals surface area (Å²) in [5.41, 5.74) is -1.03. The van der Waals surface area contributed by atoms with Crippen molar-refractivity contribution < 1.29 is 22.8 Å². The number of aromatic nitrogens is 1. The number of Topliss-reactive ketones (excluding diaryl/α,β-unsaturated/α-hetero) is 1. The molecule has 0 aliphatic carbocycles. The number of nitrogens with zero attached hydrogens (tertiary/aromatic N) is 1. The number of fused-ring (bicyclic) bond motifs is 1. The van der Waals surface area contributed by atoms with Gasteiger partial charge in [0, 0.05) is 33.2 Å². The number of anilines is 1. The van der Waals surface area contributed by atoms with E-state index in [1.165, 1.54) is 30.3 Å². The molecule has 0 saturated carbocycles. The summed E-state index contributed by atoms with van der Waals surface area (Å²) >= 11 is 11.9. The second-order valence-corrected chi connectivity index (χ2v) is 8.12. The number of nitrogens with one attached hydrogen (secondary N) is 1. The second-order valence-electron chi connectivity index (χ2n) is 7.24. The number of alkyl halides is 3. The van der Waals surface area contributed by atoms with E-state index in [0.29, 0.717) is 10.6 Å². The third-order valence-electron chi connectivity index (χ3n) is 5.01. The van der Waals surface area contributed by atoms with Crippen molar-refractivity contribution in [2.75, 3.05) is 5.32 Å². The molecule has 0 spiro atoms. The second kappa shape index (κ2) is 8.92. The van der Waals surface area contributed by atoms with Crippen LogP contribution in [0.1, 0.15) is 21.6 Å². The minimum atomic E-state index is -4.92. The number of para-hydroxylation sites is 1. The maximum Gasteiger partial charge on any atom is 0.432 e. The molecular formula is C24H15Cl2F3N2O2. The molecule has 4 rings (SSSR count). The zero-order valence-electron chi connectivity index (χ0n) is 16.8. The summed E-state index contributed by atoms with van der Waals surface area (Å²) in [7, 11) is 0. The van der Waals surface area contributed by atoms with E-state index in [9.17, 15) is 22.8 Å². The molecule has 33 heavy (non-hydrogen) atoms. The molecule has 0 unspecified atom stereocenters. The van der Waals surface area contributed by atoms with Crippen molar-refractivity contribution in [3.8, 4) is 0 Å². The van der Waals surface area contributed by atoms with E-state index in [1.807, 2.05) is 0 Å². The van der Waals surface area contributed by atoms with Gasteiger partial charge in [-0.05, 0) is 48.0 Å². The van der Waals surface area contributed by atoms with Crippen LogP contribution in [-0.4, -0.2) is 16.3 Å². The molecule has 1 amide bonds. The van der Waals surface area contributed by atoms with Crippen molar-refractivity contribution >= 4 is 51.5 Å². The topological polar surface area (TPSA) is 51.1 Å². The van der Waals surface area contributed by atoms with Crippen LogP contribution in [0.15, 0.2) is 72.8 Å². The first kappa shape index (κ1) is 22.9. The number of halogens is 5. The van der Waals surface area contributed by atoms with Gasteiger partial charge < -0.3 is 9.88 Å². The van der Waals surface area contributed by atoms with E-state index in [-0.39, 0.29) is 28.2 Å². The van der Waals surface area contributed by atoms with Gasteiger partial charge in [-0.25, -0.2) is 0 Å². The first-order valence-corrected chi connectivity index (χ1v) is 10.4. The number of benzene rings is 3. The number of ketones is 1. The fraction of sp³-hybridized carbons (Fsp3) is 0.0833. The molecule has 1 N–H and O–H groups in total. The molecule has 0 atom stereocenters. The standard InChI is InChI=1S/C24H15Cl2F3N2O2/c25-15-8-6-14(7-9-15)13-31-19-11-10-16(26)12-18(19)20(22(31)24(27,28)29)21(32)23(33)30-17-4-2-1-3-5-17/h1-12H,13H2,(H,30,33). The van der Waals surface area contributed by atoms with Gasteiger partial charge in [0.25, 0.3) is 11.7 Å². The summed E-state index contributed by atoms with van der Waals surface area (Å²) < 4.78 is 43.9. The Balaban J connectivity index is 1.89. The van der Waals surface area contributed by atoms with E-state index >= 15 is 0 Å². The minimum absolute atomic E-state index is 0.0583. The molecule has 0 radical (unpaired) electrons. The summed E-state index contributed by atoms with van der Waals surface area (Å²) in [6.07, 6.45) is -4.92. The van der Waals surface area contributed by atoms with Crippen LogP contribution in [0.4, 0.5) is 18.9 Å². The van der Waals surface area contributed by atoms with Gasteiger partial charge in [0.2, 0.25) is 0 Å². The van der Waals surface area contributed by atoms with E-state index in [2.05, 4.69) is 5.32 Å². The number of amides is 1. The molecular weight excluding hydrogens is 476 g/mol. The lowest BCUT2D eigenvalue weighted by Gasteiger charge is -2.15. The third kappa shape index (κ3) is 4.74.